The Balaban J connectivity index is 1.03. The molecule has 7 nitrogen and oxygen atoms in total. The highest BCUT2D eigenvalue weighted by atomic mass is 16.5. The second kappa shape index (κ2) is 14.6. The fourth-order valence-electron chi connectivity index (χ4n) is 9.22. The number of ether oxygens (including phenoxy) is 3. The molecule has 0 spiro atoms. The van der Waals surface area contributed by atoms with E-state index in [2.05, 4.69) is 40.1 Å². The molecule has 4 aliphatic rings. The van der Waals surface area contributed by atoms with E-state index in [0.29, 0.717) is 40.8 Å². The van der Waals surface area contributed by atoms with Crippen molar-refractivity contribution in [3.05, 3.63) is 65.2 Å². The standard InChI is InChI=1S/C41H52N2O5/c1-46-34-15-17-36(38(24-34)48-3)41(45)30-10-8-20-43(26-30)33-22-31(23-33)39-35-16-13-28(21-27(35)14-18-37(39)47-2)40(44)29-9-7-19-42(25-29)32-11-5-4-6-12-32/h13-18,21,24,29-33H,4-12,19-20,22-23,25-26H2,1-3H3/t29?,30-,31?,33?/m1/s1. The molecule has 0 N–H and O–H groups in total. The van der Waals surface area contributed by atoms with Crippen molar-refractivity contribution in [2.45, 2.75) is 88.6 Å². The molecule has 3 aromatic carbocycles. The third-order valence-electron chi connectivity index (χ3n) is 12.0. The number of carbonyl (C=O) groups is 2. The first kappa shape index (κ1) is 33.1. The number of hydrogen-bond acceptors (Lipinski definition) is 7. The van der Waals surface area contributed by atoms with Crippen LogP contribution in [0.1, 0.15) is 103 Å². The monoisotopic (exact) mass is 652 g/mol. The molecule has 256 valence electrons. The summed E-state index contributed by atoms with van der Waals surface area (Å²) in [6.45, 7) is 3.86. The highest BCUT2D eigenvalue weighted by Gasteiger charge is 2.40. The van der Waals surface area contributed by atoms with Crippen LogP contribution in [0.25, 0.3) is 10.8 Å². The molecule has 7 heteroatoms. The molecule has 4 fully saturated rings. The third kappa shape index (κ3) is 6.60. The van der Waals surface area contributed by atoms with Gasteiger partial charge in [0.2, 0.25) is 0 Å². The second-order valence-corrected chi connectivity index (χ2v) is 14.7. The number of fused-ring (bicyclic) bond motifs is 1. The molecule has 2 aliphatic carbocycles. The van der Waals surface area contributed by atoms with Crippen LogP contribution in [0.2, 0.25) is 0 Å². The van der Waals surface area contributed by atoms with Crippen molar-refractivity contribution in [1.29, 1.82) is 0 Å². The van der Waals surface area contributed by atoms with Gasteiger partial charge in [0.05, 0.1) is 26.9 Å². The number of hydrogen-bond donors (Lipinski definition) is 0. The maximum atomic E-state index is 13.8. The average molecular weight is 653 g/mol. The van der Waals surface area contributed by atoms with Crippen molar-refractivity contribution in [2.75, 3.05) is 47.5 Å². The number of carbonyl (C=O) groups excluding carboxylic acids is 2. The molecule has 2 saturated carbocycles. The number of likely N-dealkylation sites (tertiary alicyclic amines) is 2. The van der Waals surface area contributed by atoms with Gasteiger partial charge in [-0.1, -0.05) is 37.5 Å². The number of methoxy groups -OCH3 is 3. The smallest absolute Gasteiger partial charge is 0.170 e. The van der Waals surface area contributed by atoms with Crippen LogP contribution in [0.4, 0.5) is 0 Å². The van der Waals surface area contributed by atoms with Gasteiger partial charge in [-0.25, -0.2) is 0 Å². The summed E-state index contributed by atoms with van der Waals surface area (Å²) >= 11 is 0. The molecule has 2 heterocycles. The molecule has 2 aliphatic heterocycles. The first-order valence-corrected chi connectivity index (χ1v) is 18.4. The lowest BCUT2D eigenvalue weighted by Crippen LogP contribution is -2.49. The van der Waals surface area contributed by atoms with Gasteiger partial charge in [-0.3, -0.25) is 19.4 Å². The minimum absolute atomic E-state index is 0.0398. The van der Waals surface area contributed by atoms with Crippen molar-refractivity contribution < 1.29 is 23.8 Å². The largest absolute Gasteiger partial charge is 0.497 e. The number of piperidine rings is 2. The van der Waals surface area contributed by atoms with Crippen molar-refractivity contribution in [1.82, 2.24) is 9.80 Å². The lowest BCUT2D eigenvalue weighted by atomic mass is 9.72. The number of nitrogens with zero attached hydrogens (tertiary/aromatic N) is 2. The van der Waals surface area contributed by atoms with E-state index >= 15 is 0 Å². The van der Waals surface area contributed by atoms with Gasteiger partial charge in [-0.2, -0.15) is 0 Å². The summed E-state index contributed by atoms with van der Waals surface area (Å²) in [5.74, 6) is 3.09. The summed E-state index contributed by atoms with van der Waals surface area (Å²) in [5.41, 5.74) is 2.75. The zero-order chi connectivity index (χ0) is 33.2. The van der Waals surface area contributed by atoms with Crippen LogP contribution in [0.15, 0.2) is 48.5 Å². The molecule has 0 amide bonds. The van der Waals surface area contributed by atoms with Gasteiger partial charge in [0, 0.05) is 54.2 Å². The van der Waals surface area contributed by atoms with Crippen LogP contribution < -0.4 is 14.2 Å². The number of rotatable bonds is 10. The summed E-state index contributed by atoms with van der Waals surface area (Å²) in [6, 6.07) is 17.2. The maximum absolute atomic E-state index is 13.8. The molecule has 0 bridgehead atoms. The molecule has 1 unspecified atom stereocenters. The molecule has 2 saturated heterocycles. The third-order valence-corrected chi connectivity index (χ3v) is 12.0. The van der Waals surface area contributed by atoms with Crippen LogP contribution >= 0.6 is 0 Å². The fourth-order valence-corrected chi connectivity index (χ4v) is 9.22. The highest BCUT2D eigenvalue weighted by molar-refractivity contribution is 6.02. The van der Waals surface area contributed by atoms with Crippen molar-refractivity contribution >= 4 is 22.3 Å². The lowest BCUT2D eigenvalue weighted by Gasteiger charge is -2.46. The minimum Gasteiger partial charge on any atom is -0.497 e. The van der Waals surface area contributed by atoms with Crippen molar-refractivity contribution in [2.24, 2.45) is 11.8 Å². The van der Waals surface area contributed by atoms with E-state index in [9.17, 15) is 9.59 Å². The van der Waals surface area contributed by atoms with E-state index in [1.54, 1.807) is 27.4 Å². The summed E-state index contributed by atoms with van der Waals surface area (Å²) in [5, 5.41) is 2.32. The molecule has 2 atom stereocenters. The molecule has 0 radical (unpaired) electrons. The quantitative estimate of drug-likeness (QED) is 0.206. The Kier molecular flexibility index (Phi) is 10.1. The molecule has 0 aromatic heterocycles. The maximum Gasteiger partial charge on any atom is 0.170 e. The first-order chi connectivity index (χ1) is 23.5. The Hall–Kier alpha value is -3.42. The van der Waals surface area contributed by atoms with E-state index in [1.807, 2.05) is 12.1 Å². The zero-order valence-corrected chi connectivity index (χ0v) is 29.0. The summed E-state index contributed by atoms with van der Waals surface area (Å²) in [7, 11) is 4.99. The van der Waals surface area contributed by atoms with E-state index in [4.69, 9.17) is 14.2 Å². The van der Waals surface area contributed by atoms with Crippen molar-refractivity contribution in [3.63, 3.8) is 0 Å². The Morgan fingerprint density at radius 3 is 2.02 bits per heavy atom. The van der Waals surface area contributed by atoms with E-state index in [1.165, 1.54) is 43.1 Å². The lowest BCUT2D eigenvalue weighted by molar-refractivity contribution is 0.0541. The van der Waals surface area contributed by atoms with Crippen LogP contribution in [0.3, 0.4) is 0 Å². The molecule has 48 heavy (non-hydrogen) atoms. The minimum atomic E-state index is -0.0398. The summed E-state index contributed by atoms with van der Waals surface area (Å²) in [6.07, 6.45) is 12.7. The van der Waals surface area contributed by atoms with Gasteiger partial charge < -0.3 is 14.2 Å². The van der Waals surface area contributed by atoms with E-state index < -0.39 is 0 Å². The van der Waals surface area contributed by atoms with Gasteiger partial charge in [-0.15, -0.1) is 0 Å². The number of Topliss-reactive ketones (excluding diaryl/α,β-unsaturated/α-hetero) is 2. The number of ketones is 2. The van der Waals surface area contributed by atoms with Crippen LogP contribution in [0, 0.1) is 11.8 Å². The first-order valence-electron chi connectivity index (χ1n) is 18.4. The normalized spacial score (nSPS) is 25.7. The van der Waals surface area contributed by atoms with Crippen LogP contribution in [0.5, 0.6) is 17.2 Å². The van der Waals surface area contributed by atoms with Crippen LogP contribution in [-0.4, -0.2) is 81.0 Å². The van der Waals surface area contributed by atoms with Gasteiger partial charge in [-0.05, 0) is 105 Å². The zero-order valence-electron chi connectivity index (χ0n) is 29.0. The predicted molar refractivity (Wildman–Crippen MR) is 190 cm³/mol. The molecule has 3 aromatic rings. The SMILES string of the molecule is COc1ccc(C(=O)[C@@H]2CCCN(C3CC(c4c(OC)ccc5cc(C(=O)C6CCCN(C7CCCCC7)C6)ccc45)C3)C2)c(OC)c1. The number of benzene rings is 3. The summed E-state index contributed by atoms with van der Waals surface area (Å²) in [4.78, 5) is 32.6. The Morgan fingerprint density at radius 2 is 1.33 bits per heavy atom. The Morgan fingerprint density at radius 1 is 0.646 bits per heavy atom. The fraction of sp³-hybridized carbons (Fsp3) is 0.561. The van der Waals surface area contributed by atoms with Gasteiger partial charge in [0.1, 0.15) is 17.2 Å². The summed E-state index contributed by atoms with van der Waals surface area (Å²) < 4.78 is 16.8. The topological polar surface area (TPSA) is 68.3 Å². The molecular weight excluding hydrogens is 600 g/mol. The second-order valence-electron chi connectivity index (χ2n) is 14.7. The van der Waals surface area contributed by atoms with E-state index in [-0.39, 0.29) is 17.6 Å². The van der Waals surface area contributed by atoms with Crippen molar-refractivity contribution in [3.8, 4) is 17.2 Å². The Bertz CT molecular complexity index is 1620. The average Bonchev–Trinajstić information content (AvgIpc) is 3.13. The molecule has 7 rings (SSSR count). The van der Waals surface area contributed by atoms with E-state index in [0.717, 1.165) is 81.4 Å². The van der Waals surface area contributed by atoms with Gasteiger partial charge in [0.25, 0.3) is 0 Å². The van der Waals surface area contributed by atoms with Gasteiger partial charge >= 0.3 is 0 Å². The van der Waals surface area contributed by atoms with Crippen LogP contribution in [-0.2, 0) is 0 Å². The van der Waals surface area contributed by atoms with Gasteiger partial charge in [0.15, 0.2) is 11.6 Å². The predicted octanol–water partition coefficient (Wildman–Crippen LogP) is 7.93. The highest BCUT2D eigenvalue weighted by Crippen LogP contribution is 2.47. The Labute approximate surface area is 285 Å². The molecular formula is C41H52N2O5.